The van der Waals surface area contributed by atoms with Crippen LogP contribution in [0.2, 0.25) is 0 Å². The summed E-state index contributed by atoms with van der Waals surface area (Å²) in [5, 5.41) is 10.9. The summed E-state index contributed by atoms with van der Waals surface area (Å²) in [5.74, 6) is -1.28. The molecule has 1 heterocycles. The molecule has 0 saturated carbocycles. The van der Waals surface area contributed by atoms with E-state index in [0.717, 1.165) is 0 Å². The first-order valence-electron chi connectivity index (χ1n) is 5.10. The highest BCUT2D eigenvalue weighted by molar-refractivity contribution is 9.10. The lowest BCUT2D eigenvalue weighted by Gasteiger charge is -2.34. The zero-order valence-electron chi connectivity index (χ0n) is 9.86. The van der Waals surface area contributed by atoms with Crippen LogP contribution >= 0.6 is 27.3 Å². The molecule has 17 heavy (non-hydrogen) atoms. The van der Waals surface area contributed by atoms with Gasteiger partial charge in [-0.25, -0.2) is 4.79 Å². The predicted octanol–water partition coefficient (Wildman–Crippen LogP) is 2.84. The fraction of sp³-hybridized carbons (Fsp3) is 0.455. The van der Waals surface area contributed by atoms with E-state index in [1.165, 1.54) is 30.1 Å². The highest BCUT2D eigenvalue weighted by atomic mass is 79.9. The van der Waals surface area contributed by atoms with Crippen LogP contribution in [0.25, 0.3) is 0 Å². The van der Waals surface area contributed by atoms with Crippen molar-refractivity contribution in [2.75, 3.05) is 6.54 Å². The van der Waals surface area contributed by atoms with Crippen molar-refractivity contribution in [3.8, 4) is 0 Å². The number of rotatable bonds is 4. The molecule has 6 heteroatoms. The van der Waals surface area contributed by atoms with E-state index in [-0.39, 0.29) is 5.91 Å². The number of carboxylic acids is 1. The Morgan fingerprint density at radius 2 is 2.12 bits per heavy atom. The first-order valence-corrected chi connectivity index (χ1v) is 6.78. The van der Waals surface area contributed by atoms with E-state index in [0.29, 0.717) is 15.9 Å². The van der Waals surface area contributed by atoms with Crippen LogP contribution in [0, 0.1) is 0 Å². The van der Waals surface area contributed by atoms with Gasteiger partial charge in [-0.2, -0.15) is 0 Å². The van der Waals surface area contributed by atoms with E-state index in [9.17, 15) is 9.59 Å². The molecule has 1 aromatic rings. The molecule has 0 aromatic carbocycles. The quantitative estimate of drug-likeness (QED) is 0.928. The summed E-state index contributed by atoms with van der Waals surface area (Å²) in [6.45, 7) is 5.17. The molecule has 0 radical (unpaired) electrons. The molecule has 0 bridgehead atoms. The minimum Gasteiger partial charge on any atom is -0.480 e. The van der Waals surface area contributed by atoms with Crippen LogP contribution in [0.4, 0.5) is 0 Å². The van der Waals surface area contributed by atoms with E-state index in [4.69, 9.17) is 5.11 Å². The van der Waals surface area contributed by atoms with Gasteiger partial charge in [0.15, 0.2) is 0 Å². The molecule has 0 fully saturated rings. The Kier molecular flexibility index (Phi) is 4.32. The van der Waals surface area contributed by atoms with Gasteiger partial charge in [-0.15, -0.1) is 11.3 Å². The highest BCUT2D eigenvalue weighted by Crippen LogP contribution is 2.27. The Bertz CT molecular complexity index is 442. The maximum Gasteiger partial charge on any atom is 0.329 e. The molecule has 0 unspecified atom stereocenters. The molecule has 0 aliphatic heterocycles. The number of hydrogen-bond donors (Lipinski definition) is 1. The van der Waals surface area contributed by atoms with Gasteiger partial charge in [0.1, 0.15) is 10.4 Å². The van der Waals surface area contributed by atoms with Gasteiger partial charge < -0.3 is 10.0 Å². The summed E-state index contributed by atoms with van der Waals surface area (Å²) < 4.78 is 0.701. The standard InChI is InChI=1S/C11H14BrNO3S/c1-4-13(11(2,3)10(15)16)9(14)8-7(12)5-6-17-8/h5-6H,4H2,1-3H3,(H,15,16). The van der Waals surface area contributed by atoms with Crippen molar-refractivity contribution in [1.82, 2.24) is 4.90 Å². The van der Waals surface area contributed by atoms with E-state index in [1.54, 1.807) is 18.4 Å². The van der Waals surface area contributed by atoms with Crippen LogP contribution < -0.4 is 0 Å². The molecule has 4 nitrogen and oxygen atoms in total. The van der Waals surface area contributed by atoms with Crippen LogP contribution in [0.3, 0.4) is 0 Å². The first-order chi connectivity index (χ1) is 7.82. The largest absolute Gasteiger partial charge is 0.480 e. The number of likely N-dealkylation sites (N-methyl/N-ethyl adjacent to an activating group) is 1. The number of carboxylic acid groups (broad SMARTS) is 1. The fourth-order valence-corrected chi connectivity index (χ4v) is 2.97. The normalized spacial score (nSPS) is 11.3. The molecule has 1 N–H and O–H groups in total. The zero-order chi connectivity index (χ0) is 13.2. The number of nitrogens with zero attached hydrogens (tertiary/aromatic N) is 1. The predicted molar refractivity (Wildman–Crippen MR) is 70.4 cm³/mol. The van der Waals surface area contributed by atoms with Gasteiger partial charge in [0.2, 0.25) is 0 Å². The molecule has 1 aromatic heterocycles. The number of hydrogen-bond acceptors (Lipinski definition) is 3. The summed E-state index contributed by atoms with van der Waals surface area (Å²) in [6, 6.07) is 1.78. The first kappa shape index (κ1) is 14.2. The lowest BCUT2D eigenvalue weighted by Crippen LogP contribution is -2.52. The van der Waals surface area contributed by atoms with Crippen LogP contribution in [0.5, 0.6) is 0 Å². The Labute approximate surface area is 112 Å². The third kappa shape index (κ3) is 2.69. The van der Waals surface area contributed by atoms with Gasteiger partial charge >= 0.3 is 5.97 Å². The van der Waals surface area contributed by atoms with E-state index in [1.807, 2.05) is 0 Å². The molecule has 0 saturated heterocycles. The summed E-state index contributed by atoms with van der Waals surface area (Å²) >= 11 is 4.58. The Morgan fingerprint density at radius 1 is 1.53 bits per heavy atom. The maximum atomic E-state index is 12.3. The van der Waals surface area contributed by atoms with Crippen LogP contribution in [-0.2, 0) is 4.79 Å². The van der Waals surface area contributed by atoms with Crippen molar-refractivity contribution in [3.63, 3.8) is 0 Å². The van der Waals surface area contributed by atoms with Crippen LogP contribution in [0.1, 0.15) is 30.4 Å². The summed E-state index contributed by atoms with van der Waals surface area (Å²) in [6.07, 6.45) is 0. The van der Waals surface area contributed by atoms with Crippen molar-refractivity contribution in [2.45, 2.75) is 26.3 Å². The average Bonchev–Trinajstić information content (AvgIpc) is 2.64. The molecule has 0 atom stereocenters. The lowest BCUT2D eigenvalue weighted by atomic mass is 10.0. The van der Waals surface area contributed by atoms with Gasteiger partial charge in [-0.05, 0) is 48.1 Å². The smallest absolute Gasteiger partial charge is 0.329 e. The van der Waals surface area contributed by atoms with Gasteiger partial charge in [0, 0.05) is 11.0 Å². The van der Waals surface area contributed by atoms with E-state index in [2.05, 4.69) is 15.9 Å². The molecule has 1 amide bonds. The minimum absolute atomic E-state index is 0.262. The number of carbonyl (C=O) groups is 2. The Balaban J connectivity index is 3.09. The number of aliphatic carboxylic acids is 1. The minimum atomic E-state index is -1.21. The van der Waals surface area contributed by atoms with Crippen molar-refractivity contribution < 1.29 is 14.7 Å². The SMILES string of the molecule is CCN(C(=O)c1sccc1Br)C(C)(C)C(=O)O. The van der Waals surface area contributed by atoms with E-state index < -0.39 is 11.5 Å². The maximum absolute atomic E-state index is 12.3. The summed E-state index contributed by atoms with van der Waals surface area (Å²) in [4.78, 5) is 25.3. The Hall–Kier alpha value is -0.880. The second-order valence-corrected chi connectivity index (χ2v) is 5.78. The van der Waals surface area contributed by atoms with Gasteiger partial charge in [-0.3, -0.25) is 4.79 Å². The fourth-order valence-electron chi connectivity index (χ4n) is 1.48. The molecular weight excluding hydrogens is 306 g/mol. The molecule has 1 rings (SSSR count). The molecule has 94 valence electrons. The lowest BCUT2D eigenvalue weighted by molar-refractivity contribution is -0.147. The van der Waals surface area contributed by atoms with Crippen molar-refractivity contribution in [3.05, 3.63) is 20.8 Å². The van der Waals surface area contributed by atoms with Crippen molar-refractivity contribution >= 4 is 39.1 Å². The second-order valence-electron chi connectivity index (χ2n) is 4.01. The van der Waals surface area contributed by atoms with Gasteiger partial charge in [0.05, 0.1) is 0 Å². The summed E-state index contributed by atoms with van der Waals surface area (Å²) in [7, 11) is 0. The van der Waals surface area contributed by atoms with Crippen LogP contribution in [0.15, 0.2) is 15.9 Å². The van der Waals surface area contributed by atoms with Crippen molar-refractivity contribution in [2.24, 2.45) is 0 Å². The number of amides is 1. The van der Waals surface area contributed by atoms with Gasteiger partial charge in [-0.1, -0.05) is 0 Å². The number of halogens is 1. The number of carbonyl (C=O) groups excluding carboxylic acids is 1. The zero-order valence-corrected chi connectivity index (χ0v) is 12.3. The molecule has 0 spiro atoms. The third-order valence-corrected chi connectivity index (χ3v) is 4.40. The van der Waals surface area contributed by atoms with Crippen molar-refractivity contribution in [1.29, 1.82) is 0 Å². The third-order valence-electron chi connectivity index (χ3n) is 2.57. The topological polar surface area (TPSA) is 57.6 Å². The Morgan fingerprint density at radius 3 is 2.47 bits per heavy atom. The van der Waals surface area contributed by atoms with Gasteiger partial charge in [0.25, 0.3) is 5.91 Å². The highest BCUT2D eigenvalue weighted by Gasteiger charge is 2.38. The average molecular weight is 320 g/mol. The number of thiophene rings is 1. The monoisotopic (exact) mass is 319 g/mol. The molecule has 0 aliphatic rings. The molecule has 0 aliphatic carbocycles. The summed E-state index contributed by atoms with van der Waals surface area (Å²) in [5.41, 5.74) is -1.21. The second kappa shape index (κ2) is 5.18. The van der Waals surface area contributed by atoms with E-state index >= 15 is 0 Å². The van der Waals surface area contributed by atoms with Crippen LogP contribution in [-0.4, -0.2) is 34.0 Å². The molecular formula is C11H14BrNO3S.